The van der Waals surface area contributed by atoms with Gasteiger partial charge in [0.1, 0.15) is 0 Å². The highest BCUT2D eigenvalue weighted by Gasteiger charge is 2.36. The van der Waals surface area contributed by atoms with Gasteiger partial charge >= 0.3 is 5.97 Å². The zero-order valence-electron chi connectivity index (χ0n) is 11.9. The Hall–Kier alpha value is -1.88. The zero-order valence-corrected chi connectivity index (χ0v) is 11.9. The average molecular weight is 291 g/mol. The molecule has 0 unspecified atom stereocenters. The molecule has 21 heavy (non-hydrogen) atoms. The predicted molar refractivity (Wildman–Crippen MR) is 77.5 cm³/mol. The maximum Gasteiger partial charge on any atom is 0.307 e. The van der Waals surface area contributed by atoms with E-state index in [1.165, 1.54) is 0 Å². The molecular weight excluding hydrogens is 270 g/mol. The summed E-state index contributed by atoms with van der Waals surface area (Å²) in [6, 6.07) is 8.71. The number of aliphatic hydroxyl groups is 1. The molecule has 0 aromatic heterocycles. The third-order valence-electron chi connectivity index (χ3n) is 4.12. The summed E-state index contributed by atoms with van der Waals surface area (Å²) in [6.45, 7) is -0.208. The molecule has 1 aliphatic rings. The van der Waals surface area contributed by atoms with Crippen molar-refractivity contribution >= 4 is 11.9 Å². The molecule has 0 aliphatic heterocycles. The van der Waals surface area contributed by atoms with Crippen molar-refractivity contribution in [3.8, 4) is 0 Å². The summed E-state index contributed by atoms with van der Waals surface area (Å²) in [7, 11) is 0. The molecule has 0 bridgehead atoms. The first-order valence-corrected chi connectivity index (χ1v) is 7.32. The number of rotatable bonds is 5. The van der Waals surface area contributed by atoms with Gasteiger partial charge in [0.2, 0.25) is 5.91 Å². The Bertz CT molecular complexity index is 488. The summed E-state index contributed by atoms with van der Waals surface area (Å²) < 4.78 is 0. The lowest BCUT2D eigenvalue weighted by molar-refractivity contribution is -0.149. The number of aliphatic carboxylic acids is 1. The van der Waals surface area contributed by atoms with E-state index in [0.29, 0.717) is 12.8 Å². The molecule has 0 radical (unpaired) electrons. The molecule has 114 valence electrons. The van der Waals surface area contributed by atoms with Gasteiger partial charge in [-0.15, -0.1) is 0 Å². The molecule has 2 rings (SSSR count). The van der Waals surface area contributed by atoms with E-state index >= 15 is 0 Å². The van der Waals surface area contributed by atoms with E-state index in [1.54, 1.807) is 0 Å². The van der Waals surface area contributed by atoms with E-state index in [0.717, 1.165) is 18.4 Å². The van der Waals surface area contributed by atoms with Crippen LogP contribution in [0.4, 0.5) is 0 Å². The van der Waals surface area contributed by atoms with Crippen LogP contribution in [-0.2, 0) is 9.59 Å². The third kappa shape index (κ3) is 3.82. The van der Waals surface area contributed by atoms with Crippen LogP contribution in [0.1, 0.15) is 37.3 Å². The first-order valence-electron chi connectivity index (χ1n) is 7.32. The number of hydrogen-bond donors (Lipinski definition) is 3. The fourth-order valence-electron chi connectivity index (χ4n) is 2.94. The van der Waals surface area contributed by atoms with E-state index in [1.807, 2.05) is 30.3 Å². The molecule has 0 saturated heterocycles. The molecule has 1 saturated carbocycles. The Kier molecular flexibility index (Phi) is 5.33. The number of carbonyl (C=O) groups is 2. The number of carboxylic acid groups (broad SMARTS) is 1. The van der Waals surface area contributed by atoms with Crippen molar-refractivity contribution in [2.24, 2.45) is 11.8 Å². The van der Waals surface area contributed by atoms with E-state index in [9.17, 15) is 19.8 Å². The van der Waals surface area contributed by atoms with E-state index < -0.39 is 23.8 Å². The number of nitrogens with one attached hydrogen (secondary N) is 1. The van der Waals surface area contributed by atoms with E-state index in [4.69, 9.17) is 0 Å². The minimum Gasteiger partial charge on any atom is -0.481 e. The Morgan fingerprint density at radius 2 is 1.76 bits per heavy atom. The van der Waals surface area contributed by atoms with Crippen molar-refractivity contribution in [1.29, 1.82) is 0 Å². The van der Waals surface area contributed by atoms with Crippen LogP contribution in [0.2, 0.25) is 0 Å². The van der Waals surface area contributed by atoms with Gasteiger partial charge in [-0.1, -0.05) is 43.2 Å². The maximum atomic E-state index is 12.4. The van der Waals surface area contributed by atoms with Gasteiger partial charge in [0.25, 0.3) is 0 Å². The van der Waals surface area contributed by atoms with Gasteiger partial charge in [-0.25, -0.2) is 0 Å². The van der Waals surface area contributed by atoms with Crippen molar-refractivity contribution in [1.82, 2.24) is 5.32 Å². The van der Waals surface area contributed by atoms with E-state index in [2.05, 4.69) is 5.32 Å². The van der Waals surface area contributed by atoms with Crippen LogP contribution in [0, 0.1) is 11.8 Å². The summed E-state index contributed by atoms with van der Waals surface area (Å²) in [5.74, 6) is -2.30. The second-order valence-electron chi connectivity index (χ2n) is 5.49. The SMILES string of the molecule is O=C(O)[C@H]1CCCC[C@H]1C(=O)N[C@@H](CO)c1ccccc1. The Labute approximate surface area is 124 Å². The number of carbonyl (C=O) groups excluding carboxylic acids is 1. The Morgan fingerprint density at radius 1 is 1.14 bits per heavy atom. The minimum atomic E-state index is -0.907. The summed E-state index contributed by atoms with van der Waals surface area (Å²) in [5, 5.41) is 21.5. The lowest BCUT2D eigenvalue weighted by atomic mass is 9.78. The van der Waals surface area contributed by atoms with Crippen LogP contribution in [-0.4, -0.2) is 28.7 Å². The smallest absolute Gasteiger partial charge is 0.307 e. The van der Waals surface area contributed by atoms with Crippen LogP contribution in [0.5, 0.6) is 0 Å². The number of benzene rings is 1. The molecule has 0 heterocycles. The monoisotopic (exact) mass is 291 g/mol. The first-order chi connectivity index (χ1) is 10.1. The van der Waals surface area contributed by atoms with Crippen molar-refractivity contribution in [2.45, 2.75) is 31.7 Å². The number of amides is 1. The lowest BCUT2D eigenvalue weighted by Crippen LogP contribution is -2.42. The van der Waals surface area contributed by atoms with Crippen molar-refractivity contribution < 1.29 is 19.8 Å². The Morgan fingerprint density at radius 3 is 2.33 bits per heavy atom. The van der Waals surface area contributed by atoms with Gasteiger partial charge in [0.15, 0.2) is 0 Å². The molecule has 1 fully saturated rings. The summed E-state index contributed by atoms with van der Waals surface area (Å²) in [5.41, 5.74) is 0.816. The topological polar surface area (TPSA) is 86.6 Å². The van der Waals surface area contributed by atoms with Gasteiger partial charge in [-0.3, -0.25) is 9.59 Å². The molecule has 0 spiro atoms. The van der Waals surface area contributed by atoms with Gasteiger partial charge in [-0.05, 0) is 18.4 Å². The number of hydrogen-bond acceptors (Lipinski definition) is 3. The zero-order chi connectivity index (χ0) is 15.2. The molecule has 1 aromatic carbocycles. The normalized spacial score (nSPS) is 23.3. The van der Waals surface area contributed by atoms with Crippen molar-refractivity contribution in [2.75, 3.05) is 6.61 Å². The molecule has 3 atom stereocenters. The predicted octanol–water partition coefficient (Wildman–Crippen LogP) is 1.73. The molecule has 5 heteroatoms. The largest absolute Gasteiger partial charge is 0.481 e. The number of aliphatic hydroxyl groups excluding tert-OH is 1. The van der Waals surface area contributed by atoms with Crippen LogP contribution < -0.4 is 5.32 Å². The van der Waals surface area contributed by atoms with Crippen LogP contribution in [0.25, 0.3) is 0 Å². The summed E-state index contributed by atoms with van der Waals surface area (Å²) >= 11 is 0. The molecule has 1 amide bonds. The average Bonchev–Trinajstić information content (AvgIpc) is 2.53. The number of carboxylic acids is 1. The second kappa shape index (κ2) is 7.22. The van der Waals surface area contributed by atoms with Crippen molar-refractivity contribution in [3.05, 3.63) is 35.9 Å². The first kappa shape index (κ1) is 15.5. The van der Waals surface area contributed by atoms with Gasteiger partial charge in [0, 0.05) is 0 Å². The van der Waals surface area contributed by atoms with Gasteiger partial charge in [-0.2, -0.15) is 0 Å². The van der Waals surface area contributed by atoms with Gasteiger partial charge < -0.3 is 15.5 Å². The Balaban J connectivity index is 2.06. The lowest BCUT2D eigenvalue weighted by Gasteiger charge is -2.29. The molecule has 1 aliphatic carbocycles. The maximum absolute atomic E-state index is 12.4. The molecule has 1 aromatic rings. The fourth-order valence-corrected chi connectivity index (χ4v) is 2.94. The summed E-state index contributed by atoms with van der Waals surface area (Å²) in [4.78, 5) is 23.6. The quantitative estimate of drug-likeness (QED) is 0.771. The minimum absolute atomic E-state index is 0.208. The van der Waals surface area contributed by atoms with Crippen LogP contribution in [0.15, 0.2) is 30.3 Å². The van der Waals surface area contributed by atoms with E-state index in [-0.39, 0.29) is 12.5 Å². The van der Waals surface area contributed by atoms with Gasteiger partial charge in [0.05, 0.1) is 24.5 Å². The molecule has 3 N–H and O–H groups in total. The standard InChI is InChI=1S/C16H21NO4/c18-10-14(11-6-2-1-3-7-11)17-15(19)12-8-4-5-9-13(12)16(20)21/h1-3,6-7,12-14,18H,4-5,8-10H2,(H,17,19)(H,20,21)/t12-,13+,14+/m1/s1. The molecular formula is C16H21NO4. The van der Waals surface area contributed by atoms with Crippen LogP contribution in [0.3, 0.4) is 0 Å². The summed E-state index contributed by atoms with van der Waals surface area (Å²) in [6.07, 6.45) is 2.86. The third-order valence-corrected chi connectivity index (χ3v) is 4.12. The highest BCUT2D eigenvalue weighted by atomic mass is 16.4. The fraction of sp³-hybridized carbons (Fsp3) is 0.500. The highest BCUT2D eigenvalue weighted by Crippen LogP contribution is 2.31. The molecule has 5 nitrogen and oxygen atoms in total. The second-order valence-corrected chi connectivity index (χ2v) is 5.49. The van der Waals surface area contributed by atoms with Crippen molar-refractivity contribution in [3.63, 3.8) is 0 Å². The van der Waals surface area contributed by atoms with Crippen LogP contribution >= 0.6 is 0 Å². The highest BCUT2D eigenvalue weighted by molar-refractivity contribution is 5.85.